The Hall–Kier alpha value is -0.660. The third-order valence-corrected chi connectivity index (χ3v) is 3.51. The molecule has 80 valence electrons. The third kappa shape index (κ3) is 2.23. The Balaban J connectivity index is 2.84. The van der Waals surface area contributed by atoms with Crippen LogP contribution < -0.4 is 0 Å². The summed E-state index contributed by atoms with van der Waals surface area (Å²) < 4.78 is 0. The first-order chi connectivity index (χ1) is 6.47. The highest BCUT2D eigenvalue weighted by molar-refractivity contribution is 6.01. The highest BCUT2D eigenvalue weighted by atomic mass is 16.1. The van der Waals surface area contributed by atoms with Crippen LogP contribution in [-0.2, 0) is 9.59 Å². The van der Waals surface area contributed by atoms with Crippen LogP contribution in [0, 0.1) is 11.3 Å². The molecule has 1 aliphatic rings. The van der Waals surface area contributed by atoms with Crippen molar-refractivity contribution in [3.8, 4) is 0 Å². The fourth-order valence-electron chi connectivity index (χ4n) is 2.92. The van der Waals surface area contributed by atoms with Gasteiger partial charge in [0.15, 0.2) is 0 Å². The Morgan fingerprint density at radius 1 is 1.00 bits per heavy atom. The summed E-state index contributed by atoms with van der Waals surface area (Å²) in [6, 6.07) is 0. The summed E-state index contributed by atoms with van der Waals surface area (Å²) >= 11 is 0. The second-order valence-corrected chi connectivity index (χ2v) is 4.87. The van der Waals surface area contributed by atoms with Crippen molar-refractivity contribution < 1.29 is 9.59 Å². The molecule has 0 amide bonds. The van der Waals surface area contributed by atoms with Gasteiger partial charge in [-0.25, -0.2) is 0 Å². The van der Waals surface area contributed by atoms with E-state index in [2.05, 4.69) is 6.92 Å². The van der Waals surface area contributed by atoms with Gasteiger partial charge in [0.2, 0.25) is 0 Å². The second-order valence-electron chi connectivity index (χ2n) is 4.87. The van der Waals surface area contributed by atoms with Gasteiger partial charge in [-0.1, -0.05) is 26.2 Å². The average Bonchev–Trinajstić information content (AvgIpc) is 2.02. The summed E-state index contributed by atoms with van der Waals surface area (Å²) in [5.74, 6) is -0.272. The number of hydrogen-bond donors (Lipinski definition) is 0. The maximum Gasteiger partial charge on any atom is 0.140 e. The summed E-state index contributed by atoms with van der Waals surface area (Å²) in [4.78, 5) is 22.9. The molecule has 0 aromatic carbocycles. The second kappa shape index (κ2) is 4.24. The Morgan fingerprint density at radius 2 is 1.43 bits per heavy atom. The van der Waals surface area contributed by atoms with E-state index in [0.717, 1.165) is 25.7 Å². The smallest absolute Gasteiger partial charge is 0.140 e. The molecule has 2 nitrogen and oxygen atoms in total. The molecule has 0 radical (unpaired) electrons. The quantitative estimate of drug-likeness (QED) is 0.650. The molecule has 0 unspecified atom stereocenters. The maximum absolute atomic E-state index is 11.5. The van der Waals surface area contributed by atoms with E-state index >= 15 is 0 Å². The molecule has 0 aliphatic heterocycles. The molecule has 0 heterocycles. The minimum Gasteiger partial charge on any atom is -0.299 e. The molecule has 1 aliphatic carbocycles. The van der Waals surface area contributed by atoms with Crippen molar-refractivity contribution in [2.75, 3.05) is 0 Å². The van der Waals surface area contributed by atoms with Crippen LogP contribution in [0.25, 0.3) is 0 Å². The normalized spacial score (nSPS) is 20.9. The third-order valence-electron chi connectivity index (χ3n) is 3.51. The van der Waals surface area contributed by atoms with Gasteiger partial charge in [-0.2, -0.15) is 0 Å². The zero-order chi connectivity index (χ0) is 10.8. The molecular weight excluding hydrogens is 176 g/mol. The molecule has 0 spiro atoms. The molecule has 0 N–H and O–H groups in total. The molecule has 1 rings (SSSR count). The van der Waals surface area contributed by atoms with Gasteiger partial charge in [0.25, 0.3) is 0 Å². The molecule has 0 aromatic heterocycles. The van der Waals surface area contributed by atoms with Gasteiger partial charge in [-0.05, 0) is 32.1 Å². The van der Waals surface area contributed by atoms with Crippen molar-refractivity contribution in [1.29, 1.82) is 0 Å². The van der Waals surface area contributed by atoms with Gasteiger partial charge in [0.1, 0.15) is 11.6 Å². The van der Waals surface area contributed by atoms with Gasteiger partial charge in [0.05, 0.1) is 5.92 Å². The van der Waals surface area contributed by atoms with Crippen molar-refractivity contribution in [2.45, 2.75) is 52.9 Å². The van der Waals surface area contributed by atoms with E-state index in [9.17, 15) is 9.59 Å². The van der Waals surface area contributed by atoms with E-state index in [-0.39, 0.29) is 22.9 Å². The van der Waals surface area contributed by atoms with Crippen LogP contribution in [0.15, 0.2) is 0 Å². The number of carbonyl (C=O) groups is 2. The predicted octanol–water partition coefficient (Wildman–Crippen LogP) is 2.75. The highest BCUT2D eigenvalue weighted by Gasteiger charge is 2.40. The van der Waals surface area contributed by atoms with Crippen LogP contribution in [0.5, 0.6) is 0 Å². The van der Waals surface area contributed by atoms with E-state index in [1.165, 1.54) is 6.42 Å². The zero-order valence-electron chi connectivity index (χ0n) is 9.43. The van der Waals surface area contributed by atoms with Gasteiger partial charge in [-0.3, -0.25) is 9.59 Å². The first-order valence-corrected chi connectivity index (χ1v) is 5.48. The number of hydrogen-bond acceptors (Lipinski definition) is 2. The standard InChI is InChI=1S/C12H20O2/c1-9(13)11(10(2)14)12(3)7-5-4-6-8-12/h11H,4-8H2,1-3H3. The lowest BCUT2D eigenvalue weighted by molar-refractivity contribution is -0.136. The van der Waals surface area contributed by atoms with Gasteiger partial charge in [-0.15, -0.1) is 0 Å². The van der Waals surface area contributed by atoms with E-state index in [1.807, 2.05) is 0 Å². The molecule has 0 saturated heterocycles. The minimum absolute atomic E-state index is 0.0434. The number of ketones is 2. The van der Waals surface area contributed by atoms with Crippen LogP contribution in [0.2, 0.25) is 0 Å². The Labute approximate surface area is 86.1 Å². The molecular formula is C12H20O2. The lowest BCUT2D eigenvalue weighted by atomic mass is 9.65. The van der Waals surface area contributed by atoms with Crippen molar-refractivity contribution in [2.24, 2.45) is 11.3 Å². The molecule has 0 aromatic rings. The molecule has 1 saturated carbocycles. The molecule has 2 heteroatoms. The topological polar surface area (TPSA) is 34.1 Å². The van der Waals surface area contributed by atoms with E-state index in [0.29, 0.717) is 0 Å². The Morgan fingerprint density at radius 3 is 1.79 bits per heavy atom. The van der Waals surface area contributed by atoms with E-state index in [1.54, 1.807) is 13.8 Å². The molecule has 14 heavy (non-hydrogen) atoms. The SMILES string of the molecule is CC(=O)C(C(C)=O)C1(C)CCCCC1. The molecule has 1 fully saturated rings. The maximum atomic E-state index is 11.5. The fourth-order valence-corrected chi connectivity index (χ4v) is 2.92. The van der Waals surface area contributed by atoms with Crippen molar-refractivity contribution in [3.05, 3.63) is 0 Å². The Kier molecular flexibility index (Phi) is 3.46. The first-order valence-electron chi connectivity index (χ1n) is 5.48. The summed E-state index contributed by atoms with van der Waals surface area (Å²) in [6.07, 6.45) is 5.62. The van der Waals surface area contributed by atoms with Crippen LogP contribution >= 0.6 is 0 Å². The largest absolute Gasteiger partial charge is 0.299 e. The van der Waals surface area contributed by atoms with Gasteiger partial charge in [0, 0.05) is 0 Å². The minimum atomic E-state index is -0.359. The van der Waals surface area contributed by atoms with Crippen LogP contribution in [-0.4, -0.2) is 11.6 Å². The summed E-state index contributed by atoms with van der Waals surface area (Å²) in [6.45, 7) is 5.19. The molecule has 0 bridgehead atoms. The van der Waals surface area contributed by atoms with E-state index in [4.69, 9.17) is 0 Å². The predicted molar refractivity (Wildman–Crippen MR) is 56.0 cm³/mol. The van der Waals surface area contributed by atoms with Crippen molar-refractivity contribution in [1.82, 2.24) is 0 Å². The molecule has 0 atom stereocenters. The number of rotatable bonds is 3. The number of Topliss-reactive ketones (excluding diaryl/α,β-unsaturated/α-hetero) is 2. The highest BCUT2D eigenvalue weighted by Crippen LogP contribution is 2.42. The monoisotopic (exact) mass is 196 g/mol. The summed E-state index contributed by atoms with van der Waals surface area (Å²) in [5.41, 5.74) is -0.0596. The summed E-state index contributed by atoms with van der Waals surface area (Å²) in [7, 11) is 0. The van der Waals surface area contributed by atoms with Crippen LogP contribution in [0.3, 0.4) is 0 Å². The fraction of sp³-hybridized carbons (Fsp3) is 0.833. The van der Waals surface area contributed by atoms with Crippen LogP contribution in [0.4, 0.5) is 0 Å². The number of carbonyl (C=O) groups excluding carboxylic acids is 2. The van der Waals surface area contributed by atoms with Gasteiger partial charge < -0.3 is 0 Å². The zero-order valence-corrected chi connectivity index (χ0v) is 9.43. The van der Waals surface area contributed by atoms with Crippen molar-refractivity contribution in [3.63, 3.8) is 0 Å². The lowest BCUT2D eigenvalue weighted by Crippen LogP contribution is -2.38. The first kappa shape index (κ1) is 11.4. The van der Waals surface area contributed by atoms with E-state index < -0.39 is 0 Å². The van der Waals surface area contributed by atoms with Crippen LogP contribution in [0.1, 0.15) is 52.9 Å². The van der Waals surface area contributed by atoms with Gasteiger partial charge >= 0.3 is 0 Å². The summed E-state index contributed by atoms with van der Waals surface area (Å²) in [5, 5.41) is 0. The Bertz CT molecular complexity index is 223. The average molecular weight is 196 g/mol. The van der Waals surface area contributed by atoms with Crippen molar-refractivity contribution >= 4 is 11.6 Å². The lowest BCUT2D eigenvalue weighted by Gasteiger charge is -2.38.